The number of hydrogen-bond acceptors (Lipinski definition) is 5. The highest BCUT2D eigenvalue weighted by Crippen LogP contribution is 2.46. The molecule has 1 fully saturated rings. The van der Waals surface area contributed by atoms with Gasteiger partial charge in [0.1, 0.15) is 6.10 Å². The lowest BCUT2D eigenvalue weighted by Gasteiger charge is -2.19. The number of nitrogens with one attached hydrogen (secondary N) is 1. The van der Waals surface area contributed by atoms with Gasteiger partial charge in [0.2, 0.25) is 5.91 Å². The van der Waals surface area contributed by atoms with Crippen LogP contribution in [0.1, 0.15) is 62.1 Å². The number of hydrogen-bond donors (Lipinski definition) is 1. The molecular weight excluding hydrogens is 425 g/mol. The molecule has 1 saturated heterocycles. The molecule has 156 valence electrons. The van der Waals surface area contributed by atoms with Gasteiger partial charge in [-0.25, -0.2) is 9.50 Å². The molecule has 2 atom stereocenters. The van der Waals surface area contributed by atoms with E-state index in [2.05, 4.69) is 34.2 Å². The molecule has 0 aromatic carbocycles. The molecule has 0 bridgehead atoms. The normalized spacial score (nSPS) is 22.4. The lowest BCUT2D eigenvalue weighted by atomic mass is 9.88. The maximum absolute atomic E-state index is 13.2. The number of carbonyl (C=O) groups is 1. The highest BCUT2D eigenvalue weighted by atomic mass is 35.5. The van der Waals surface area contributed by atoms with E-state index in [1.54, 1.807) is 29.0 Å². The maximum Gasteiger partial charge on any atom is 0.232 e. The third-order valence-electron chi connectivity index (χ3n) is 5.90. The molecule has 1 amide bonds. The van der Waals surface area contributed by atoms with Gasteiger partial charge in [-0.15, -0.1) is 0 Å². The van der Waals surface area contributed by atoms with Gasteiger partial charge in [-0.2, -0.15) is 5.10 Å². The van der Waals surface area contributed by atoms with E-state index in [1.807, 2.05) is 0 Å². The van der Waals surface area contributed by atoms with Gasteiger partial charge in [-0.05, 0) is 25.3 Å². The van der Waals surface area contributed by atoms with Gasteiger partial charge in [0.25, 0.3) is 0 Å². The quantitative estimate of drug-likeness (QED) is 0.632. The van der Waals surface area contributed by atoms with E-state index in [0.717, 1.165) is 36.4 Å². The Kier molecular flexibility index (Phi) is 4.72. The number of anilines is 1. The van der Waals surface area contributed by atoms with Crippen molar-refractivity contribution in [2.45, 2.75) is 50.5 Å². The topological polar surface area (TPSA) is 81.4 Å². The highest BCUT2D eigenvalue weighted by molar-refractivity contribution is 6.31. The minimum absolute atomic E-state index is 0.0702. The lowest BCUT2D eigenvalue weighted by Crippen LogP contribution is -2.21. The minimum Gasteiger partial charge on any atom is -0.372 e. The molecule has 0 unspecified atom stereocenters. The summed E-state index contributed by atoms with van der Waals surface area (Å²) >= 11 is 12.5. The number of halogens is 2. The number of carbonyl (C=O) groups excluding carboxylic acids is 1. The number of ether oxygens (including phenoxy) is 1. The molecule has 30 heavy (non-hydrogen) atoms. The SMILES string of the molecule is CC1(C)C[C@H](C(=O)Nc2cnc([C@H]3CCCO3)c(Cl)c2)c2cnc3cc(Cl)nn3c21. The van der Waals surface area contributed by atoms with Crippen molar-refractivity contribution < 1.29 is 9.53 Å². The van der Waals surface area contributed by atoms with Gasteiger partial charge in [0.15, 0.2) is 10.8 Å². The average Bonchev–Trinajstić information content (AvgIpc) is 3.39. The van der Waals surface area contributed by atoms with Crippen molar-refractivity contribution in [1.82, 2.24) is 19.6 Å². The zero-order chi connectivity index (χ0) is 21.0. The minimum atomic E-state index is -0.355. The number of rotatable bonds is 3. The second kappa shape index (κ2) is 7.18. The number of fused-ring (bicyclic) bond motifs is 3. The Morgan fingerprint density at radius 2 is 2.10 bits per heavy atom. The zero-order valence-corrected chi connectivity index (χ0v) is 18.2. The van der Waals surface area contributed by atoms with E-state index >= 15 is 0 Å². The van der Waals surface area contributed by atoms with E-state index in [4.69, 9.17) is 27.9 Å². The smallest absolute Gasteiger partial charge is 0.232 e. The Labute approximate surface area is 183 Å². The summed E-state index contributed by atoms with van der Waals surface area (Å²) in [6.07, 6.45) is 5.87. The van der Waals surface area contributed by atoms with Crippen molar-refractivity contribution in [2.75, 3.05) is 11.9 Å². The van der Waals surface area contributed by atoms with E-state index < -0.39 is 0 Å². The molecule has 1 aliphatic carbocycles. The fourth-order valence-corrected chi connectivity index (χ4v) is 5.04. The standard InChI is InChI=1S/C21H21Cl2N5O2/c1-21(2)8-12(13-10-24-17-7-16(23)27-28(17)19(13)21)20(29)26-11-6-14(22)18(25-9-11)15-4-3-5-30-15/h6-7,9-10,12,15H,3-5,8H2,1-2H3,(H,26,29)/t12-,15+/m0/s1. The molecule has 2 aliphatic rings. The Bertz CT molecular complexity index is 1150. The molecule has 0 radical (unpaired) electrons. The summed E-state index contributed by atoms with van der Waals surface area (Å²) in [6, 6.07) is 3.45. The Morgan fingerprint density at radius 1 is 1.27 bits per heavy atom. The Balaban J connectivity index is 1.43. The molecule has 5 rings (SSSR count). The largest absolute Gasteiger partial charge is 0.372 e. The van der Waals surface area contributed by atoms with Crippen LogP contribution in [-0.2, 0) is 14.9 Å². The van der Waals surface area contributed by atoms with Gasteiger partial charge >= 0.3 is 0 Å². The molecule has 4 heterocycles. The maximum atomic E-state index is 13.2. The van der Waals surface area contributed by atoms with Crippen molar-refractivity contribution in [3.05, 3.63) is 51.7 Å². The summed E-state index contributed by atoms with van der Waals surface area (Å²) < 4.78 is 7.41. The molecule has 1 aliphatic heterocycles. The van der Waals surface area contributed by atoms with Crippen LogP contribution in [0.5, 0.6) is 0 Å². The lowest BCUT2D eigenvalue weighted by molar-refractivity contribution is -0.117. The monoisotopic (exact) mass is 445 g/mol. The fraction of sp³-hybridized carbons (Fsp3) is 0.429. The number of aromatic nitrogens is 4. The van der Waals surface area contributed by atoms with Gasteiger partial charge < -0.3 is 10.1 Å². The van der Waals surface area contributed by atoms with Crippen molar-refractivity contribution in [3.8, 4) is 0 Å². The first-order valence-electron chi connectivity index (χ1n) is 9.96. The summed E-state index contributed by atoms with van der Waals surface area (Å²) in [5.74, 6) is -0.476. The molecule has 0 spiro atoms. The second-order valence-corrected chi connectivity index (χ2v) is 9.32. The third-order valence-corrected chi connectivity index (χ3v) is 6.39. The zero-order valence-electron chi connectivity index (χ0n) is 16.7. The molecule has 3 aromatic rings. The Morgan fingerprint density at radius 3 is 2.83 bits per heavy atom. The second-order valence-electron chi connectivity index (χ2n) is 8.52. The van der Waals surface area contributed by atoms with Crippen LogP contribution >= 0.6 is 23.2 Å². The summed E-state index contributed by atoms with van der Waals surface area (Å²) in [5.41, 5.74) is 3.53. The number of nitrogens with zero attached hydrogens (tertiary/aromatic N) is 4. The predicted octanol–water partition coefficient (Wildman–Crippen LogP) is 4.69. The Hall–Kier alpha value is -2.22. The van der Waals surface area contributed by atoms with E-state index in [0.29, 0.717) is 27.9 Å². The van der Waals surface area contributed by atoms with Gasteiger partial charge in [0.05, 0.1) is 34.2 Å². The van der Waals surface area contributed by atoms with Crippen molar-refractivity contribution in [2.24, 2.45) is 0 Å². The molecule has 3 aromatic heterocycles. The average molecular weight is 446 g/mol. The van der Waals surface area contributed by atoms with Crippen molar-refractivity contribution in [1.29, 1.82) is 0 Å². The summed E-state index contributed by atoms with van der Waals surface area (Å²) in [6.45, 7) is 4.92. The molecule has 0 saturated carbocycles. The van der Waals surface area contributed by atoms with Gasteiger partial charge in [-0.3, -0.25) is 9.78 Å². The first-order chi connectivity index (χ1) is 14.3. The third kappa shape index (κ3) is 3.25. The first kappa shape index (κ1) is 19.7. The van der Waals surface area contributed by atoms with Crippen LogP contribution in [0.4, 0.5) is 5.69 Å². The number of pyridine rings is 1. The summed E-state index contributed by atoms with van der Waals surface area (Å²) in [7, 11) is 0. The van der Waals surface area contributed by atoms with Crippen LogP contribution in [0.15, 0.2) is 24.5 Å². The predicted molar refractivity (Wildman–Crippen MR) is 114 cm³/mol. The van der Waals surface area contributed by atoms with E-state index in [1.165, 1.54) is 0 Å². The van der Waals surface area contributed by atoms with Crippen LogP contribution in [0, 0.1) is 0 Å². The van der Waals surface area contributed by atoms with Crippen LogP contribution < -0.4 is 5.32 Å². The summed E-state index contributed by atoms with van der Waals surface area (Å²) in [5, 5.41) is 8.21. The van der Waals surface area contributed by atoms with Crippen molar-refractivity contribution in [3.63, 3.8) is 0 Å². The van der Waals surface area contributed by atoms with Crippen LogP contribution in [0.3, 0.4) is 0 Å². The van der Waals surface area contributed by atoms with E-state index in [-0.39, 0.29) is 23.3 Å². The van der Waals surface area contributed by atoms with E-state index in [9.17, 15) is 4.79 Å². The molecule has 9 heteroatoms. The van der Waals surface area contributed by atoms with Crippen LogP contribution in [0.25, 0.3) is 5.65 Å². The summed E-state index contributed by atoms with van der Waals surface area (Å²) in [4.78, 5) is 22.0. The van der Waals surface area contributed by atoms with Gasteiger partial charge in [-0.1, -0.05) is 37.0 Å². The molecule has 7 nitrogen and oxygen atoms in total. The van der Waals surface area contributed by atoms with Crippen molar-refractivity contribution >= 4 is 40.4 Å². The molecular formula is C21H21Cl2N5O2. The molecule has 1 N–H and O–H groups in total. The van der Waals surface area contributed by atoms with Crippen LogP contribution in [-0.4, -0.2) is 32.1 Å². The number of amides is 1. The van der Waals surface area contributed by atoms with Gasteiger partial charge in [0, 0.05) is 29.8 Å². The fourth-order valence-electron chi connectivity index (χ4n) is 4.58. The first-order valence-corrected chi connectivity index (χ1v) is 10.7. The highest BCUT2D eigenvalue weighted by Gasteiger charge is 2.43. The van der Waals surface area contributed by atoms with Crippen LogP contribution in [0.2, 0.25) is 10.2 Å².